The summed E-state index contributed by atoms with van der Waals surface area (Å²) >= 11 is 0. The molecule has 1 aromatic carbocycles. The number of oxazole rings is 1. The Kier molecular flexibility index (Phi) is 4.06. The minimum absolute atomic E-state index is 0.0111. The number of hydrogen-bond donors (Lipinski definition) is 1. The molecule has 0 spiro atoms. The molecule has 0 saturated carbocycles. The summed E-state index contributed by atoms with van der Waals surface area (Å²) in [4.78, 5) is 15.8. The van der Waals surface area contributed by atoms with Gasteiger partial charge in [0.1, 0.15) is 12.1 Å². The van der Waals surface area contributed by atoms with Crippen molar-refractivity contribution < 1.29 is 27.5 Å². The van der Waals surface area contributed by atoms with Crippen molar-refractivity contribution in [2.75, 3.05) is 18.0 Å². The van der Waals surface area contributed by atoms with Crippen molar-refractivity contribution in [1.29, 1.82) is 0 Å². The highest BCUT2D eigenvalue weighted by molar-refractivity contribution is 5.92. The molecule has 1 N–H and O–H groups in total. The zero-order valence-electron chi connectivity index (χ0n) is 11.1. The van der Waals surface area contributed by atoms with E-state index in [-0.39, 0.29) is 23.7 Å². The number of anilines is 1. The summed E-state index contributed by atoms with van der Waals surface area (Å²) in [6, 6.07) is 3.81. The van der Waals surface area contributed by atoms with Crippen LogP contribution in [0.15, 0.2) is 22.6 Å². The van der Waals surface area contributed by atoms with E-state index in [0.29, 0.717) is 11.9 Å². The Hall–Kier alpha value is -2.25. The average Bonchev–Trinajstić information content (AvgIpc) is 2.79. The number of halogens is 3. The molecule has 0 saturated heterocycles. The summed E-state index contributed by atoms with van der Waals surface area (Å²) < 4.78 is 42.9. The van der Waals surface area contributed by atoms with Crippen LogP contribution in [0.1, 0.15) is 23.7 Å². The first-order valence-corrected chi connectivity index (χ1v) is 6.25. The van der Waals surface area contributed by atoms with E-state index in [9.17, 15) is 18.0 Å². The Morgan fingerprint density at radius 2 is 2.14 bits per heavy atom. The first-order valence-electron chi connectivity index (χ1n) is 6.25. The molecule has 1 heterocycles. The molecule has 0 aliphatic rings. The molecule has 2 rings (SSSR count). The van der Waals surface area contributed by atoms with Crippen molar-refractivity contribution in [3.05, 3.63) is 23.8 Å². The monoisotopic (exact) mass is 302 g/mol. The quantitative estimate of drug-likeness (QED) is 0.918. The van der Waals surface area contributed by atoms with Crippen molar-refractivity contribution >= 4 is 23.1 Å². The number of fused-ring (bicyclic) bond motifs is 1. The SMILES string of the molecule is CCCN(CC(F)(F)F)c1nc2ccc(C(=O)O)cc2o1. The molecule has 1 aromatic heterocycles. The molecule has 8 heteroatoms. The Balaban J connectivity index is 2.36. The maximum atomic E-state index is 12.6. The first-order chi connectivity index (χ1) is 9.80. The number of aromatic carboxylic acids is 1. The predicted octanol–water partition coefficient (Wildman–Crippen LogP) is 3.30. The van der Waals surface area contributed by atoms with Crippen molar-refractivity contribution in [2.24, 2.45) is 0 Å². The zero-order valence-corrected chi connectivity index (χ0v) is 11.1. The van der Waals surface area contributed by atoms with Crippen molar-refractivity contribution in [3.63, 3.8) is 0 Å². The third-order valence-electron chi connectivity index (χ3n) is 2.76. The molecule has 0 aliphatic carbocycles. The normalized spacial score (nSPS) is 11.8. The van der Waals surface area contributed by atoms with E-state index in [1.54, 1.807) is 6.92 Å². The van der Waals surface area contributed by atoms with Crippen LogP contribution in [0.4, 0.5) is 19.2 Å². The van der Waals surface area contributed by atoms with Crippen LogP contribution in [-0.2, 0) is 0 Å². The highest BCUT2D eigenvalue weighted by atomic mass is 19.4. The zero-order chi connectivity index (χ0) is 15.6. The summed E-state index contributed by atoms with van der Waals surface area (Å²) in [5, 5.41) is 8.88. The summed E-state index contributed by atoms with van der Waals surface area (Å²) in [6.45, 7) is 0.714. The smallest absolute Gasteiger partial charge is 0.406 e. The lowest BCUT2D eigenvalue weighted by Gasteiger charge is -2.21. The van der Waals surface area contributed by atoms with E-state index < -0.39 is 18.7 Å². The maximum absolute atomic E-state index is 12.6. The molecule has 5 nitrogen and oxygen atoms in total. The number of carboxylic acid groups (broad SMARTS) is 1. The number of nitrogens with zero attached hydrogens (tertiary/aromatic N) is 2. The lowest BCUT2D eigenvalue weighted by Crippen LogP contribution is -2.35. The fourth-order valence-corrected chi connectivity index (χ4v) is 1.91. The second kappa shape index (κ2) is 5.63. The van der Waals surface area contributed by atoms with Crippen LogP contribution in [-0.4, -0.2) is 35.3 Å². The van der Waals surface area contributed by atoms with Crippen LogP contribution < -0.4 is 4.90 Å². The molecule has 21 heavy (non-hydrogen) atoms. The number of alkyl halides is 3. The molecular weight excluding hydrogens is 289 g/mol. The molecule has 0 bridgehead atoms. The average molecular weight is 302 g/mol. The van der Waals surface area contributed by atoms with Crippen LogP contribution in [0.3, 0.4) is 0 Å². The summed E-state index contributed by atoms with van der Waals surface area (Å²) in [6.07, 6.45) is -3.88. The van der Waals surface area contributed by atoms with E-state index in [4.69, 9.17) is 9.52 Å². The van der Waals surface area contributed by atoms with Crippen LogP contribution in [0.25, 0.3) is 11.1 Å². The number of carboxylic acids is 1. The number of rotatable bonds is 5. The predicted molar refractivity (Wildman–Crippen MR) is 69.5 cm³/mol. The van der Waals surface area contributed by atoms with Crippen molar-refractivity contribution in [3.8, 4) is 0 Å². The van der Waals surface area contributed by atoms with Gasteiger partial charge in [0.2, 0.25) is 0 Å². The maximum Gasteiger partial charge on any atom is 0.406 e. The lowest BCUT2D eigenvalue weighted by atomic mass is 10.2. The van der Waals surface area contributed by atoms with Crippen LogP contribution in [0.5, 0.6) is 0 Å². The summed E-state index contributed by atoms with van der Waals surface area (Å²) in [5.41, 5.74) is 0.453. The van der Waals surface area contributed by atoms with Crippen molar-refractivity contribution in [2.45, 2.75) is 19.5 Å². The van der Waals surface area contributed by atoms with Gasteiger partial charge < -0.3 is 14.4 Å². The molecule has 114 valence electrons. The van der Waals surface area contributed by atoms with E-state index in [2.05, 4.69) is 4.98 Å². The van der Waals surface area contributed by atoms with Crippen LogP contribution in [0.2, 0.25) is 0 Å². The molecule has 0 amide bonds. The van der Waals surface area contributed by atoms with Gasteiger partial charge in [-0.15, -0.1) is 0 Å². The molecule has 0 fully saturated rings. The largest absolute Gasteiger partial charge is 0.478 e. The molecule has 2 aromatic rings. The second-order valence-corrected chi connectivity index (χ2v) is 4.52. The number of benzene rings is 1. The van der Waals surface area contributed by atoms with Crippen LogP contribution >= 0.6 is 0 Å². The number of carbonyl (C=O) groups is 1. The Labute approximate surface area is 118 Å². The Bertz CT molecular complexity index is 652. The van der Waals surface area contributed by atoms with Gasteiger partial charge in [-0.25, -0.2) is 4.79 Å². The second-order valence-electron chi connectivity index (χ2n) is 4.52. The molecule has 0 unspecified atom stereocenters. The van der Waals surface area contributed by atoms with Gasteiger partial charge in [0.25, 0.3) is 6.01 Å². The Morgan fingerprint density at radius 1 is 1.43 bits per heavy atom. The van der Waals surface area contributed by atoms with Gasteiger partial charge in [0, 0.05) is 6.54 Å². The van der Waals surface area contributed by atoms with E-state index >= 15 is 0 Å². The van der Waals surface area contributed by atoms with Crippen LogP contribution in [0, 0.1) is 0 Å². The highest BCUT2D eigenvalue weighted by Crippen LogP contribution is 2.26. The number of aromatic nitrogens is 1. The highest BCUT2D eigenvalue weighted by Gasteiger charge is 2.32. The van der Waals surface area contributed by atoms with Gasteiger partial charge in [-0.3, -0.25) is 0 Å². The van der Waals surface area contributed by atoms with Gasteiger partial charge in [-0.2, -0.15) is 18.2 Å². The molecular formula is C13H13F3N2O3. The Morgan fingerprint density at radius 3 is 2.71 bits per heavy atom. The first kappa shape index (κ1) is 15.1. The summed E-state index contributed by atoms with van der Waals surface area (Å²) in [7, 11) is 0. The topological polar surface area (TPSA) is 66.6 Å². The fourth-order valence-electron chi connectivity index (χ4n) is 1.91. The lowest BCUT2D eigenvalue weighted by molar-refractivity contribution is -0.120. The third-order valence-corrected chi connectivity index (χ3v) is 2.76. The van der Waals surface area contributed by atoms with E-state index in [1.807, 2.05) is 0 Å². The van der Waals surface area contributed by atoms with Gasteiger partial charge in [-0.05, 0) is 24.6 Å². The molecule has 0 radical (unpaired) electrons. The minimum Gasteiger partial charge on any atom is -0.478 e. The van der Waals surface area contributed by atoms with Gasteiger partial charge in [0.15, 0.2) is 5.58 Å². The summed E-state index contributed by atoms with van der Waals surface area (Å²) in [5.74, 6) is -1.14. The van der Waals surface area contributed by atoms with E-state index in [1.165, 1.54) is 18.2 Å². The standard InChI is InChI=1S/C13H13F3N2O3/c1-2-5-18(7-13(14,15)16)12-17-9-4-3-8(11(19)20)6-10(9)21-12/h3-4,6H,2,5,7H2,1H3,(H,19,20). The van der Waals surface area contributed by atoms with Gasteiger partial charge in [0.05, 0.1) is 5.56 Å². The van der Waals surface area contributed by atoms with Gasteiger partial charge in [-0.1, -0.05) is 6.92 Å². The van der Waals surface area contributed by atoms with Crippen molar-refractivity contribution in [1.82, 2.24) is 4.98 Å². The third kappa shape index (κ3) is 3.65. The minimum atomic E-state index is -4.37. The van der Waals surface area contributed by atoms with Gasteiger partial charge >= 0.3 is 12.1 Å². The molecule has 0 aliphatic heterocycles. The fraction of sp³-hybridized carbons (Fsp3) is 0.385. The number of hydrogen-bond acceptors (Lipinski definition) is 4. The van der Waals surface area contributed by atoms with E-state index in [0.717, 1.165) is 4.90 Å². The molecule has 0 atom stereocenters.